The van der Waals surface area contributed by atoms with Crippen LogP contribution in [-0.2, 0) is 38.0 Å². The lowest BCUT2D eigenvalue weighted by Gasteiger charge is -2.08. The SMILES string of the molecule is COC(=O)CCOCCOCCOCCOCCOCCOCCCCCCI. The van der Waals surface area contributed by atoms with Crippen molar-refractivity contribution in [3.05, 3.63) is 0 Å². The number of hydrogen-bond acceptors (Lipinski definition) is 8. The first kappa shape index (κ1) is 29.0. The number of ether oxygens (including phenoxy) is 7. The molecular weight excluding hydrogens is 495 g/mol. The van der Waals surface area contributed by atoms with E-state index in [-0.39, 0.29) is 12.4 Å². The molecule has 0 spiro atoms. The minimum absolute atomic E-state index is 0.261. The molecule has 0 atom stereocenters. The Morgan fingerprint density at radius 1 is 0.552 bits per heavy atom. The second-order valence-electron chi connectivity index (χ2n) is 6.10. The Morgan fingerprint density at radius 3 is 1.34 bits per heavy atom. The Morgan fingerprint density at radius 2 is 0.931 bits per heavy atom. The summed E-state index contributed by atoms with van der Waals surface area (Å²) in [4.78, 5) is 10.9. The van der Waals surface area contributed by atoms with Gasteiger partial charge in [-0.15, -0.1) is 0 Å². The number of methoxy groups -OCH3 is 1. The highest BCUT2D eigenvalue weighted by atomic mass is 127. The fourth-order valence-electron chi connectivity index (χ4n) is 2.11. The first-order chi connectivity index (χ1) is 14.3. The van der Waals surface area contributed by atoms with Crippen LogP contribution in [0.15, 0.2) is 0 Å². The Labute approximate surface area is 189 Å². The number of esters is 1. The summed E-state index contributed by atoms with van der Waals surface area (Å²) in [6.45, 7) is 6.54. The number of unbranched alkanes of at least 4 members (excludes halogenated alkanes) is 3. The van der Waals surface area contributed by atoms with Crippen LogP contribution in [0.2, 0.25) is 0 Å². The van der Waals surface area contributed by atoms with Gasteiger partial charge in [-0.05, 0) is 17.3 Å². The van der Waals surface area contributed by atoms with Gasteiger partial charge in [-0.1, -0.05) is 35.4 Å². The molecule has 8 nitrogen and oxygen atoms in total. The van der Waals surface area contributed by atoms with E-state index in [9.17, 15) is 4.79 Å². The van der Waals surface area contributed by atoms with Gasteiger partial charge in [-0.25, -0.2) is 0 Å². The molecule has 0 N–H and O–H groups in total. The maximum atomic E-state index is 10.9. The van der Waals surface area contributed by atoms with Crippen molar-refractivity contribution in [2.75, 3.05) is 90.8 Å². The molecule has 0 amide bonds. The van der Waals surface area contributed by atoms with Crippen molar-refractivity contribution in [1.82, 2.24) is 0 Å². The zero-order valence-corrected chi connectivity index (χ0v) is 20.0. The van der Waals surface area contributed by atoms with Crippen LogP contribution in [0.3, 0.4) is 0 Å². The van der Waals surface area contributed by atoms with E-state index in [1.165, 1.54) is 30.8 Å². The number of carbonyl (C=O) groups is 1. The Balaban J connectivity index is 3.01. The molecule has 0 aromatic rings. The van der Waals surface area contributed by atoms with Crippen LogP contribution in [0, 0.1) is 0 Å². The van der Waals surface area contributed by atoms with Gasteiger partial charge in [0.05, 0.1) is 86.2 Å². The van der Waals surface area contributed by atoms with Gasteiger partial charge in [0, 0.05) is 6.61 Å². The molecule has 0 aromatic heterocycles. The van der Waals surface area contributed by atoms with Crippen molar-refractivity contribution in [1.29, 1.82) is 0 Å². The fourth-order valence-corrected chi connectivity index (χ4v) is 2.65. The summed E-state index contributed by atoms with van der Waals surface area (Å²) >= 11 is 2.41. The molecule has 0 aliphatic carbocycles. The van der Waals surface area contributed by atoms with E-state index in [2.05, 4.69) is 27.3 Å². The van der Waals surface area contributed by atoms with Crippen molar-refractivity contribution in [2.24, 2.45) is 0 Å². The monoisotopic (exact) mass is 534 g/mol. The second kappa shape index (κ2) is 26.0. The van der Waals surface area contributed by atoms with E-state index in [0.717, 1.165) is 13.0 Å². The van der Waals surface area contributed by atoms with Gasteiger partial charge in [0.2, 0.25) is 0 Å². The fraction of sp³-hybridized carbons (Fsp3) is 0.950. The number of alkyl halides is 1. The van der Waals surface area contributed by atoms with E-state index < -0.39 is 0 Å². The molecule has 174 valence electrons. The molecule has 0 saturated heterocycles. The Bertz CT molecular complexity index is 334. The number of rotatable bonds is 24. The molecule has 0 bridgehead atoms. The van der Waals surface area contributed by atoms with Crippen molar-refractivity contribution in [3.63, 3.8) is 0 Å². The van der Waals surface area contributed by atoms with E-state index in [0.29, 0.717) is 72.7 Å². The highest BCUT2D eigenvalue weighted by molar-refractivity contribution is 14.1. The number of carbonyl (C=O) groups excluding carboxylic acids is 1. The largest absolute Gasteiger partial charge is 0.469 e. The lowest BCUT2D eigenvalue weighted by Crippen LogP contribution is -2.14. The van der Waals surface area contributed by atoms with Crippen LogP contribution in [-0.4, -0.2) is 96.8 Å². The molecule has 0 fully saturated rings. The van der Waals surface area contributed by atoms with Crippen LogP contribution in [0.5, 0.6) is 0 Å². The summed E-state index contributed by atoms with van der Waals surface area (Å²) in [6, 6.07) is 0. The van der Waals surface area contributed by atoms with Gasteiger partial charge >= 0.3 is 5.97 Å². The van der Waals surface area contributed by atoms with Gasteiger partial charge < -0.3 is 33.2 Å². The number of hydrogen-bond donors (Lipinski definition) is 0. The van der Waals surface area contributed by atoms with E-state index in [1.807, 2.05) is 0 Å². The van der Waals surface area contributed by atoms with Crippen LogP contribution < -0.4 is 0 Å². The highest BCUT2D eigenvalue weighted by Gasteiger charge is 1.99. The summed E-state index contributed by atoms with van der Waals surface area (Å²) < 4.78 is 38.1. The first-order valence-corrected chi connectivity index (χ1v) is 11.9. The maximum Gasteiger partial charge on any atom is 0.307 e. The van der Waals surface area contributed by atoms with Gasteiger partial charge in [-0.3, -0.25) is 4.79 Å². The average molecular weight is 534 g/mol. The van der Waals surface area contributed by atoms with Gasteiger partial charge in [-0.2, -0.15) is 0 Å². The molecule has 0 radical (unpaired) electrons. The molecule has 9 heteroatoms. The van der Waals surface area contributed by atoms with Crippen molar-refractivity contribution in [3.8, 4) is 0 Å². The van der Waals surface area contributed by atoms with Gasteiger partial charge in [0.25, 0.3) is 0 Å². The van der Waals surface area contributed by atoms with E-state index in [1.54, 1.807) is 0 Å². The van der Waals surface area contributed by atoms with Crippen LogP contribution in [0.1, 0.15) is 32.1 Å². The molecule has 0 heterocycles. The molecule has 0 aliphatic heterocycles. The number of halogens is 1. The van der Waals surface area contributed by atoms with Crippen molar-refractivity contribution >= 4 is 28.6 Å². The maximum absolute atomic E-state index is 10.9. The smallest absolute Gasteiger partial charge is 0.307 e. The third-order valence-corrected chi connectivity index (χ3v) is 4.47. The van der Waals surface area contributed by atoms with Crippen LogP contribution >= 0.6 is 22.6 Å². The second-order valence-corrected chi connectivity index (χ2v) is 7.18. The predicted octanol–water partition coefficient (Wildman–Crippen LogP) is 2.64. The first-order valence-electron chi connectivity index (χ1n) is 10.4. The molecule has 0 aromatic carbocycles. The molecular formula is C20H39IO8. The van der Waals surface area contributed by atoms with Crippen LogP contribution in [0.25, 0.3) is 0 Å². The molecule has 0 unspecified atom stereocenters. The third kappa shape index (κ3) is 25.9. The average Bonchev–Trinajstić information content (AvgIpc) is 2.74. The van der Waals surface area contributed by atoms with E-state index >= 15 is 0 Å². The third-order valence-electron chi connectivity index (χ3n) is 3.71. The lowest BCUT2D eigenvalue weighted by molar-refractivity contribution is -0.141. The lowest BCUT2D eigenvalue weighted by atomic mass is 10.2. The summed E-state index contributed by atoms with van der Waals surface area (Å²) in [5, 5.41) is 0. The zero-order valence-electron chi connectivity index (χ0n) is 17.9. The van der Waals surface area contributed by atoms with Gasteiger partial charge in [0.15, 0.2) is 0 Å². The normalized spacial score (nSPS) is 11.1. The quantitative estimate of drug-likeness (QED) is 0.0810. The Kier molecular flexibility index (Phi) is 26.0. The van der Waals surface area contributed by atoms with Crippen molar-refractivity contribution in [2.45, 2.75) is 32.1 Å². The van der Waals surface area contributed by atoms with Crippen LogP contribution in [0.4, 0.5) is 0 Å². The zero-order chi connectivity index (χ0) is 21.3. The standard InChI is InChI=1S/C20H39IO8/c1-23-20(22)6-9-25-11-13-27-15-17-29-19-18-28-16-14-26-12-10-24-8-5-3-2-4-7-21/h2-19H2,1H3. The van der Waals surface area contributed by atoms with E-state index in [4.69, 9.17) is 28.4 Å². The topological polar surface area (TPSA) is 81.7 Å². The Hall–Kier alpha value is -0.0400. The molecule has 0 aliphatic rings. The predicted molar refractivity (Wildman–Crippen MR) is 119 cm³/mol. The summed E-state index contributed by atoms with van der Waals surface area (Å²) in [6.07, 6.45) is 5.25. The van der Waals surface area contributed by atoms with Gasteiger partial charge in [0.1, 0.15) is 0 Å². The molecule has 29 heavy (non-hydrogen) atoms. The minimum atomic E-state index is -0.273. The summed E-state index contributed by atoms with van der Waals surface area (Å²) in [5.41, 5.74) is 0. The molecule has 0 saturated carbocycles. The molecule has 0 rings (SSSR count). The minimum Gasteiger partial charge on any atom is -0.469 e. The summed E-state index contributed by atoms with van der Waals surface area (Å²) in [7, 11) is 1.36. The summed E-state index contributed by atoms with van der Waals surface area (Å²) in [5.74, 6) is -0.273. The van der Waals surface area contributed by atoms with Crippen molar-refractivity contribution < 1.29 is 38.0 Å². The highest BCUT2D eigenvalue weighted by Crippen LogP contribution is 2.02.